The zero-order valence-electron chi connectivity index (χ0n) is 21.4. The lowest BCUT2D eigenvalue weighted by molar-refractivity contribution is -0.136. The number of para-hydroxylation sites is 1. The molecule has 0 fully saturated rings. The maximum atomic E-state index is 15.1. The third kappa shape index (κ3) is 6.86. The van der Waals surface area contributed by atoms with Gasteiger partial charge >= 0.3 is 5.97 Å². The summed E-state index contributed by atoms with van der Waals surface area (Å²) in [7, 11) is 0. The molecule has 0 bridgehead atoms. The number of rotatable bonds is 10. The summed E-state index contributed by atoms with van der Waals surface area (Å²) in [6, 6.07) is 13.1. The summed E-state index contributed by atoms with van der Waals surface area (Å²) in [4.78, 5) is 24.8. The third-order valence-corrected chi connectivity index (χ3v) is 6.44. The van der Waals surface area contributed by atoms with Crippen molar-refractivity contribution >= 4 is 34.7 Å². The molecule has 0 aliphatic carbocycles. The molecule has 0 aromatic heterocycles. The van der Waals surface area contributed by atoms with Crippen molar-refractivity contribution in [2.45, 2.75) is 39.7 Å². The number of carbonyl (C=O) groups is 2. The number of aliphatic carboxylic acids is 1. The first-order valence-corrected chi connectivity index (χ1v) is 12.3. The molecule has 0 radical (unpaired) electrons. The molecule has 1 atom stereocenters. The van der Waals surface area contributed by atoms with Gasteiger partial charge in [0.25, 0.3) is 5.91 Å². The number of hydrogen-bond donors (Lipinski definition) is 3. The highest BCUT2D eigenvalue weighted by Crippen LogP contribution is 2.31. The average Bonchev–Trinajstić information content (AvgIpc) is 2.86. The summed E-state index contributed by atoms with van der Waals surface area (Å²) in [5.41, 5.74) is 3.83. The number of carbonyl (C=O) groups excluding carboxylic acids is 1. The molecule has 0 heterocycles. The molecule has 3 rings (SSSR count). The monoisotopic (exact) mass is 538 g/mol. The van der Waals surface area contributed by atoms with Gasteiger partial charge < -0.3 is 15.7 Å². The first-order chi connectivity index (χ1) is 18.0. The van der Waals surface area contributed by atoms with Crippen LogP contribution in [0.5, 0.6) is 0 Å². The van der Waals surface area contributed by atoms with Gasteiger partial charge in [-0.15, -0.1) is 0 Å². The van der Waals surface area contributed by atoms with Crippen molar-refractivity contribution in [2.75, 3.05) is 5.32 Å². The molecule has 0 spiro atoms. The summed E-state index contributed by atoms with van der Waals surface area (Å²) in [5, 5.41) is 15.6. The van der Waals surface area contributed by atoms with Crippen LogP contribution in [0.3, 0.4) is 0 Å². The fourth-order valence-corrected chi connectivity index (χ4v) is 4.12. The van der Waals surface area contributed by atoms with Gasteiger partial charge in [-0.3, -0.25) is 9.59 Å². The summed E-state index contributed by atoms with van der Waals surface area (Å²) >= 11 is 6.32. The molecule has 3 aromatic carbocycles. The molecule has 3 aromatic rings. The van der Waals surface area contributed by atoms with E-state index in [1.165, 1.54) is 18.2 Å². The van der Waals surface area contributed by atoms with E-state index >= 15 is 4.39 Å². The zero-order valence-corrected chi connectivity index (χ0v) is 22.1. The summed E-state index contributed by atoms with van der Waals surface area (Å²) in [5.74, 6) is -3.82. The van der Waals surface area contributed by atoms with Crippen LogP contribution in [-0.2, 0) is 4.79 Å². The Hall–Kier alpha value is -3.97. The predicted molar refractivity (Wildman–Crippen MR) is 147 cm³/mol. The number of aryl methyl sites for hydroxylation is 2. The zero-order chi connectivity index (χ0) is 28.0. The van der Waals surface area contributed by atoms with Crippen molar-refractivity contribution in [1.29, 1.82) is 0 Å². The maximum Gasteiger partial charge on any atom is 0.303 e. The Morgan fingerprint density at radius 3 is 2.42 bits per heavy atom. The van der Waals surface area contributed by atoms with E-state index < -0.39 is 29.6 Å². The highest BCUT2D eigenvalue weighted by molar-refractivity contribution is 6.31. The van der Waals surface area contributed by atoms with Gasteiger partial charge in [-0.25, -0.2) is 8.78 Å². The minimum absolute atomic E-state index is 0.0836. The molecule has 198 valence electrons. The fourth-order valence-electron chi connectivity index (χ4n) is 3.96. The van der Waals surface area contributed by atoms with E-state index in [0.29, 0.717) is 21.8 Å². The lowest BCUT2D eigenvalue weighted by Gasteiger charge is -2.26. The number of benzene rings is 3. The Bertz CT molecular complexity index is 1420. The Kier molecular flexibility index (Phi) is 9.42. The van der Waals surface area contributed by atoms with Crippen molar-refractivity contribution in [3.8, 4) is 0 Å². The van der Waals surface area contributed by atoms with E-state index in [4.69, 9.17) is 11.6 Å². The molecule has 1 amide bonds. The van der Waals surface area contributed by atoms with Crippen LogP contribution < -0.4 is 10.6 Å². The van der Waals surface area contributed by atoms with Crippen molar-refractivity contribution in [3.63, 3.8) is 0 Å². The molecule has 0 saturated carbocycles. The van der Waals surface area contributed by atoms with Gasteiger partial charge in [0.2, 0.25) is 0 Å². The first kappa shape index (κ1) is 28.6. The molecule has 0 aliphatic heterocycles. The van der Waals surface area contributed by atoms with Gasteiger partial charge in [0.05, 0.1) is 6.04 Å². The van der Waals surface area contributed by atoms with E-state index in [1.54, 1.807) is 38.1 Å². The van der Waals surface area contributed by atoms with Crippen LogP contribution in [0, 0.1) is 25.5 Å². The number of halogens is 3. The van der Waals surface area contributed by atoms with Crippen LogP contribution in [0.25, 0.3) is 5.57 Å². The Morgan fingerprint density at radius 1 is 1.05 bits per heavy atom. The number of allylic oxidation sites excluding steroid dienone is 2. The van der Waals surface area contributed by atoms with Crippen LogP contribution in [-0.4, -0.2) is 17.0 Å². The van der Waals surface area contributed by atoms with Gasteiger partial charge in [-0.2, -0.15) is 0 Å². The molecule has 1 unspecified atom stereocenters. The molecular formula is C30H29ClF2N2O3. The van der Waals surface area contributed by atoms with Crippen molar-refractivity contribution in [3.05, 3.63) is 117 Å². The van der Waals surface area contributed by atoms with Crippen LogP contribution in [0.15, 0.2) is 72.9 Å². The number of anilines is 1. The Morgan fingerprint density at radius 2 is 1.76 bits per heavy atom. The lowest BCUT2D eigenvalue weighted by Crippen LogP contribution is -2.33. The molecular weight excluding hydrogens is 510 g/mol. The Labute approximate surface area is 225 Å². The van der Waals surface area contributed by atoms with E-state index in [1.807, 2.05) is 19.1 Å². The van der Waals surface area contributed by atoms with Crippen LogP contribution in [0.2, 0.25) is 5.02 Å². The highest BCUT2D eigenvalue weighted by Gasteiger charge is 2.26. The van der Waals surface area contributed by atoms with Crippen LogP contribution >= 0.6 is 11.6 Å². The second kappa shape index (κ2) is 12.5. The van der Waals surface area contributed by atoms with Gasteiger partial charge in [-0.05, 0) is 68.1 Å². The second-order valence-corrected chi connectivity index (χ2v) is 9.42. The van der Waals surface area contributed by atoms with Gasteiger partial charge in [-0.1, -0.05) is 60.2 Å². The minimum Gasteiger partial charge on any atom is -0.481 e. The number of carboxylic acid groups (broad SMARTS) is 1. The van der Waals surface area contributed by atoms with Crippen molar-refractivity contribution in [1.82, 2.24) is 5.32 Å². The van der Waals surface area contributed by atoms with E-state index in [0.717, 1.165) is 17.2 Å². The quantitative estimate of drug-likeness (QED) is 0.248. The van der Waals surface area contributed by atoms with Crippen molar-refractivity contribution < 1.29 is 23.5 Å². The number of hydrogen-bond acceptors (Lipinski definition) is 3. The summed E-state index contributed by atoms with van der Waals surface area (Å²) in [6.07, 6.45) is 1.45. The second-order valence-electron chi connectivity index (χ2n) is 9.01. The number of nitrogens with one attached hydrogen (secondary N) is 2. The number of carboxylic acids is 1. The smallest absolute Gasteiger partial charge is 0.303 e. The topological polar surface area (TPSA) is 78.4 Å². The van der Waals surface area contributed by atoms with E-state index in [9.17, 15) is 19.1 Å². The maximum absolute atomic E-state index is 15.1. The SMILES string of the molecule is C=C(C)c1cc(C)c(Cl)cc1C(=O)NC(/C(=C\CCC(=O)O)Nc1ccccc1C)c1cccc(F)c1F. The Balaban J connectivity index is 2.16. The van der Waals surface area contributed by atoms with Crippen molar-refractivity contribution in [2.24, 2.45) is 0 Å². The van der Waals surface area contributed by atoms with Crippen LogP contribution in [0.4, 0.5) is 14.5 Å². The normalized spacial score (nSPS) is 12.1. The minimum atomic E-state index is -1.19. The third-order valence-electron chi connectivity index (χ3n) is 6.03. The van der Waals surface area contributed by atoms with E-state index in [2.05, 4.69) is 17.2 Å². The largest absolute Gasteiger partial charge is 0.481 e. The summed E-state index contributed by atoms with van der Waals surface area (Å²) in [6.45, 7) is 9.36. The molecule has 8 heteroatoms. The van der Waals surface area contributed by atoms with Gasteiger partial charge in [0, 0.05) is 34.0 Å². The highest BCUT2D eigenvalue weighted by atomic mass is 35.5. The lowest BCUT2D eigenvalue weighted by atomic mass is 9.96. The average molecular weight is 539 g/mol. The molecule has 0 saturated heterocycles. The van der Waals surface area contributed by atoms with E-state index in [-0.39, 0.29) is 29.7 Å². The van der Waals surface area contributed by atoms with Crippen LogP contribution in [0.1, 0.15) is 58.4 Å². The number of amides is 1. The standard InChI is InChI=1S/C30H29ClF2N2O3/c1-17(2)21-15-19(4)23(31)16-22(21)30(38)35-29(20-10-7-11-24(32)28(20)33)26(13-8-14-27(36)37)34-25-12-6-5-9-18(25)3/h5-7,9-13,15-16,29,34H,1,8,14H2,2-4H3,(H,35,38)(H,36,37)/b26-13+. The summed E-state index contributed by atoms with van der Waals surface area (Å²) < 4.78 is 29.5. The molecule has 3 N–H and O–H groups in total. The molecule has 5 nitrogen and oxygen atoms in total. The first-order valence-electron chi connectivity index (χ1n) is 11.9. The molecule has 0 aliphatic rings. The molecule has 38 heavy (non-hydrogen) atoms. The van der Waals surface area contributed by atoms with Gasteiger partial charge in [0.1, 0.15) is 0 Å². The van der Waals surface area contributed by atoms with Gasteiger partial charge in [0.15, 0.2) is 11.6 Å². The fraction of sp³-hybridized carbons (Fsp3) is 0.200. The predicted octanol–water partition coefficient (Wildman–Crippen LogP) is 7.60.